The Bertz CT molecular complexity index is 1370. The Hall–Kier alpha value is -3.23. The number of fused-ring (bicyclic) bond motifs is 2. The lowest BCUT2D eigenvalue weighted by atomic mass is 10.0. The van der Waals surface area contributed by atoms with Crippen molar-refractivity contribution in [3.05, 3.63) is 69.6 Å². The number of nitrogens with zero attached hydrogens (tertiary/aromatic N) is 2. The van der Waals surface area contributed by atoms with E-state index in [-0.39, 0.29) is 12.0 Å². The number of aromatic nitrogens is 1. The van der Waals surface area contributed by atoms with E-state index in [4.69, 9.17) is 9.72 Å². The monoisotopic (exact) mass is 491 g/mol. The summed E-state index contributed by atoms with van der Waals surface area (Å²) in [5, 5.41) is 4.82. The van der Waals surface area contributed by atoms with Gasteiger partial charge in [0.15, 0.2) is 0 Å². The van der Waals surface area contributed by atoms with Crippen LogP contribution in [0.3, 0.4) is 0 Å². The number of thiophene rings is 1. The Morgan fingerprint density at radius 3 is 2.71 bits per heavy atom. The number of amides is 2. The Morgan fingerprint density at radius 2 is 1.94 bits per heavy atom. The molecule has 2 aromatic carbocycles. The van der Waals surface area contributed by atoms with Crippen molar-refractivity contribution in [3.63, 3.8) is 0 Å². The first kappa shape index (κ1) is 22.6. The fourth-order valence-corrected chi connectivity index (χ4v) is 6.49. The molecule has 0 saturated heterocycles. The minimum absolute atomic E-state index is 0.147. The highest BCUT2D eigenvalue weighted by atomic mass is 32.1. The SMILES string of the molecule is CCOC(=O)N1CCc2c(sc(NC(=O)c3ccc(C)c(C)c3)c2-c2nc3ccccc3s2)C1. The Morgan fingerprint density at radius 1 is 1.12 bits per heavy atom. The minimum atomic E-state index is -0.302. The van der Waals surface area contributed by atoms with E-state index in [1.165, 1.54) is 11.3 Å². The van der Waals surface area contributed by atoms with E-state index < -0.39 is 0 Å². The molecular weight excluding hydrogens is 466 g/mol. The lowest BCUT2D eigenvalue weighted by Crippen LogP contribution is -2.35. The largest absolute Gasteiger partial charge is 0.450 e. The van der Waals surface area contributed by atoms with E-state index in [2.05, 4.69) is 11.4 Å². The lowest BCUT2D eigenvalue weighted by molar-refractivity contribution is 0.102. The van der Waals surface area contributed by atoms with Gasteiger partial charge in [-0.1, -0.05) is 18.2 Å². The number of rotatable bonds is 4. The number of hydrogen-bond acceptors (Lipinski definition) is 6. The number of thiazole rings is 1. The third-order valence-electron chi connectivity index (χ3n) is 6.09. The molecule has 1 aliphatic heterocycles. The van der Waals surface area contributed by atoms with Crippen LogP contribution in [0, 0.1) is 13.8 Å². The molecule has 174 valence electrons. The van der Waals surface area contributed by atoms with Crippen LogP contribution < -0.4 is 5.32 Å². The van der Waals surface area contributed by atoms with E-state index in [1.54, 1.807) is 16.2 Å². The van der Waals surface area contributed by atoms with Crippen molar-refractivity contribution in [2.45, 2.75) is 33.7 Å². The smallest absolute Gasteiger partial charge is 0.410 e. The summed E-state index contributed by atoms with van der Waals surface area (Å²) in [7, 11) is 0. The molecule has 5 rings (SSSR count). The normalized spacial score (nSPS) is 13.1. The number of carbonyl (C=O) groups excluding carboxylic acids is 2. The van der Waals surface area contributed by atoms with Crippen LogP contribution in [0.25, 0.3) is 20.8 Å². The molecule has 2 aromatic heterocycles. The van der Waals surface area contributed by atoms with Crippen LogP contribution in [0.2, 0.25) is 0 Å². The van der Waals surface area contributed by atoms with Gasteiger partial charge in [0.1, 0.15) is 10.0 Å². The number of benzene rings is 2. The molecule has 1 N–H and O–H groups in total. The molecular formula is C26H25N3O3S2. The van der Waals surface area contributed by atoms with Gasteiger partial charge in [-0.15, -0.1) is 22.7 Å². The van der Waals surface area contributed by atoms with Gasteiger partial charge in [-0.2, -0.15) is 0 Å². The highest BCUT2D eigenvalue weighted by Crippen LogP contribution is 2.45. The average molecular weight is 492 g/mol. The molecule has 0 atom stereocenters. The topological polar surface area (TPSA) is 71.5 Å². The quantitative estimate of drug-likeness (QED) is 0.358. The number of anilines is 1. The second-order valence-electron chi connectivity index (χ2n) is 8.32. The molecule has 8 heteroatoms. The number of ether oxygens (including phenoxy) is 1. The molecule has 0 saturated carbocycles. The first-order valence-electron chi connectivity index (χ1n) is 11.3. The van der Waals surface area contributed by atoms with Gasteiger partial charge >= 0.3 is 6.09 Å². The Labute approximate surface area is 206 Å². The van der Waals surface area contributed by atoms with Crippen molar-refractivity contribution >= 4 is 49.9 Å². The van der Waals surface area contributed by atoms with Crippen molar-refractivity contribution in [3.8, 4) is 10.6 Å². The number of aryl methyl sites for hydroxylation is 2. The van der Waals surface area contributed by atoms with Gasteiger partial charge in [-0.05, 0) is 68.1 Å². The van der Waals surface area contributed by atoms with Crippen molar-refractivity contribution < 1.29 is 14.3 Å². The van der Waals surface area contributed by atoms with Crippen molar-refractivity contribution in [2.24, 2.45) is 0 Å². The number of hydrogen-bond donors (Lipinski definition) is 1. The predicted octanol–water partition coefficient (Wildman–Crippen LogP) is 6.41. The van der Waals surface area contributed by atoms with Crippen molar-refractivity contribution in [2.75, 3.05) is 18.5 Å². The summed E-state index contributed by atoms with van der Waals surface area (Å²) in [6.07, 6.45) is 0.388. The standard InChI is InChI=1S/C26H25N3O3S2/c1-4-32-26(31)29-12-11-18-21(14-29)34-25(28-23(30)17-10-9-15(2)16(3)13-17)22(18)24-27-19-7-5-6-8-20(19)33-24/h5-10,13H,4,11-12,14H2,1-3H3,(H,28,30). The third kappa shape index (κ3) is 4.19. The van der Waals surface area contributed by atoms with E-state index in [1.807, 2.05) is 57.2 Å². The average Bonchev–Trinajstić information content (AvgIpc) is 3.40. The van der Waals surface area contributed by atoms with Crippen molar-refractivity contribution in [1.82, 2.24) is 9.88 Å². The molecule has 0 aliphatic carbocycles. The maximum absolute atomic E-state index is 13.2. The molecule has 2 amide bonds. The molecule has 0 radical (unpaired) electrons. The van der Waals surface area contributed by atoms with Crippen LogP contribution >= 0.6 is 22.7 Å². The molecule has 1 aliphatic rings. The zero-order chi connectivity index (χ0) is 23.8. The van der Waals surface area contributed by atoms with Gasteiger partial charge < -0.3 is 15.0 Å². The van der Waals surface area contributed by atoms with Crippen molar-refractivity contribution in [1.29, 1.82) is 0 Å². The fourth-order valence-electron chi connectivity index (χ4n) is 4.13. The maximum Gasteiger partial charge on any atom is 0.410 e. The van der Waals surface area contributed by atoms with Gasteiger partial charge in [0.25, 0.3) is 5.91 Å². The van der Waals surface area contributed by atoms with Crippen LogP contribution in [-0.2, 0) is 17.7 Å². The highest BCUT2D eigenvalue weighted by molar-refractivity contribution is 7.23. The zero-order valence-corrected chi connectivity index (χ0v) is 20.9. The van der Waals surface area contributed by atoms with Crippen LogP contribution in [0.15, 0.2) is 42.5 Å². The minimum Gasteiger partial charge on any atom is -0.450 e. The predicted molar refractivity (Wildman–Crippen MR) is 138 cm³/mol. The molecule has 0 fully saturated rings. The molecule has 4 aromatic rings. The van der Waals surface area contributed by atoms with Gasteiger partial charge in [-0.3, -0.25) is 4.79 Å². The molecule has 0 spiro atoms. The second-order valence-corrected chi connectivity index (χ2v) is 10.5. The Kier molecular flexibility index (Phi) is 6.10. The first-order chi connectivity index (χ1) is 16.4. The van der Waals surface area contributed by atoms with E-state index >= 15 is 0 Å². The summed E-state index contributed by atoms with van der Waals surface area (Å²) in [5.41, 5.74) is 5.92. The summed E-state index contributed by atoms with van der Waals surface area (Å²) in [6, 6.07) is 13.8. The summed E-state index contributed by atoms with van der Waals surface area (Å²) in [5.74, 6) is -0.147. The fraction of sp³-hybridized carbons (Fsp3) is 0.269. The molecule has 0 unspecified atom stereocenters. The van der Waals surface area contributed by atoms with E-state index in [9.17, 15) is 9.59 Å². The molecule has 6 nitrogen and oxygen atoms in total. The van der Waals surface area contributed by atoms with Gasteiger partial charge in [0, 0.05) is 22.5 Å². The van der Waals surface area contributed by atoms with E-state index in [0.29, 0.717) is 31.7 Å². The van der Waals surface area contributed by atoms with Gasteiger partial charge in [0.05, 0.1) is 23.4 Å². The number of nitrogens with one attached hydrogen (secondary N) is 1. The molecule has 0 bridgehead atoms. The summed E-state index contributed by atoms with van der Waals surface area (Å²) >= 11 is 3.15. The summed E-state index contributed by atoms with van der Waals surface area (Å²) in [6.45, 7) is 7.24. The summed E-state index contributed by atoms with van der Waals surface area (Å²) < 4.78 is 6.32. The third-order valence-corrected chi connectivity index (χ3v) is 8.27. The maximum atomic E-state index is 13.2. The lowest BCUT2D eigenvalue weighted by Gasteiger charge is -2.26. The van der Waals surface area contributed by atoms with Gasteiger partial charge in [-0.25, -0.2) is 9.78 Å². The van der Waals surface area contributed by atoms with Crippen LogP contribution in [0.1, 0.15) is 38.8 Å². The highest BCUT2D eigenvalue weighted by Gasteiger charge is 2.30. The molecule has 34 heavy (non-hydrogen) atoms. The van der Waals surface area contributed by atoms with Gasteiger partial charge in [0.2, 0.25) is 0 Å². The molecule has 3 heterocycles. The number of para-hydroxylation sites is 1. The van der Waals surface area contributed by atoms with E-state index in [0.717, 1.165) is 47.4 Å². The number of carbonyl (C=O) groups is 2. The second kappa shape index (κ2) is 9.19. The van der Waals surface area contributed by atoms with Crippen LogP contribution in [-0.4, -0.2) is 35.0 Å². The van der Waals surface area contributed by atoms with Crippen LogP contribution in [0.5, 0.6) is 0 Å². The first-order valence-corrected chi connectivity index (χ1v) is 12.9. The zero-order valence-electron chi connectivity index (χ0n) is 19.3. The van der Waals surface area contributed by atoms with Crippen LogP contribution in [0.4, 0.5) is 9.80 Å². The summed E-state index contributed by atoms with van der Waals surface area (Å²) in [4.78, 5) is 33.2. The Balaban J connectivity index is 1.55.